The van der Waals surface area contributed by atoms with Gasteiger partial charge in [-0.1, -0.05) is 6.07 Å². The lowest BCUT2D eigenvalue weighted by Gasteiger charge is -2.10. The Morgan fingerprint density at radius 3 is 2.58 bits per heavy atom. The summed E-state index contributed by atoms with van der Waals surface area (Å²) in [6.45, 7) is 6.45. The van der Waals surface area contributed by atoms with Crippen LogP contribution in [0.15, 0.2) is 18.2 Å². The first-order chi connectivity index (χ1) is 8.90. The summed E-state index contributed by atoms with van der Waals surface area (Å²) in [5, 5.41) is 12.0. The minimum atomic E-state index is -0.390. The van der Waals surface area contributed by atoms with E-state index in [9.17, 15) is 4.39 Å². The van der Waals surface area contributed by atoms with E-state index >= 15 is 0 Å². The molecule has 2 aromatic rings. The van der Waals surface area contributed by atoms with Crippen LogP contribution in [-0.4, -0.2) is 15.6 Å². The van der Waals surface area contributed by atoms with Crippen LogP contribution >= 0.6 is 0 Å². The van der Waals surface area contributed by atoms with Gasteiger partial charge in [0, 0.05) is 11.3 Å². The van der Waals surface area contributed by atoms with Crippen molar-refractivity contribution in [2.45, 2.75) is 27.3 Å². The summed E-state index contributed by atoms with van der Waals surface area (Å²) in [5.74, 6) is -0.522. The molecule has 0 unspecified atom stereocenters. The van der Waals surface area contributed by atoms with Crippen LogP contribution in [0.5, 0.6) is 0 Å². The van der Waals surface area contributed by atoms with Crippen molar-refractivity contribution in [2.24, 2.45) is 5.73 Å². The minimum Gasteiger partial charge on any atom is -0.384 e. The van der Waals surface area contributed by atoms with Gasteiger partial charge in [-0.15, -0.1) is 0 Å². The van der Waals surface area contributed by atoms with E-state index in [4.69, 9.17) is 11.1 Å². The van der Waals surface area contributed by atoms with Gasteiger partial charge in [0.15, 0.2) is 0 Å². The Hall–Kier alpha value is -2.17. The van der Waals surface area contributed by atoms with Crippen molar-refractivity contribution in [1.82, 2.24) is 9.78 Å². The molecule has 0 amide bonds. The third kappa shape index (κ3) is 2.50. The molecule has 19 heavy (non-hydrogen) atoms. The molecule has 0 aliphatic rings. The smallest absolute Gasteiger partial charge is 0.123 e. The van der Waals surface area contributed by atoms with E-state index in [1.54, 1.807) is 6.07 Å². The second-order valence-corrected chi connectivity index (χ2v) is 4.67. The van der Waals surface area contributed by atoms with E-state index in [1.807, 2.05) is 25.5 Å². The van der Waals surface area contributed by atoms with Gasteiger partial charge in [-0.25, -0.2) is 4.39 Å². The molecule has 2 rings (SSSR count). The Labute approximate surface area is 111 Å². The number of benzene rings is 1. The normalized spacial score (nSPS) is 10.7. The van der Waals surface area contributed by atoms with Crippen LogP contribution in [0.3, 0.4) is 0 Å². The zero-order chi connectivity index (χ0) is 14.2. The van der Waals surface area contributed by atoms with Crippen LogP contribution in [0.1, 0.15) is 28.1 Å². The van der Waals surface area contributed by atoms with Crippen LogP contribution in [0.25, 0.3) is 0 Å². The molecule has 0 aliphatic heterocycles. The first kappa shape index (κ1) is 13.3. The molecule has 4 nitrogen and oxygen atoms in total. The number of nitrogens with two attached hydrogens (primary N) is 1. The zero-order valence-corrected chi connectivity index (χ0v) is 11.3. The van der Waals surface area contributed by atoms with Gasteiger partial charge in [-0.05, 0) is 44.0 Å². The summed E-state index contributed by atoms with van der Waals surface area (Å²) >= 11 is 0. The van der Waals surface area contributed by atoms with Crippen LogP contribution in [0.2, 0.25) is 0 Å². The van der Waals surface area contributed by atoms with E-state index in [0.717, 1.165) is 22.5 Å². The van der Waals surface area contributed by atoms with Crippen LogP contribution in [-0.2, 0) is 6.54 Å². The minimum absolute atomic E-state index is 0.132. The summed E-state index contributed by atoms with van der Waals surface area (Å²) in [7, 11) is 0. The standard InChI is InChI=1S/C14H17FN4/c1-8-9(2)18-19(10(8)3)7-11-4-5-12(15)6-13(11)14(16)17/h4-6H,7H2,1-3H3,(H3,16,17). The van der Waals surface area contributed by atoms with Crippen LogP contribution < -0.4 is 5.73 Å². The molecular formula is C14H17FN4. The van der Waals surface area contributed by atoms with Crippen molar-refractivity contribution in [3.05, 3.63) is 52.1 Å². The molecule has 1 aromatic carbocycles. The molecule has 100 valence electrons. The summed E-state index contributed by atoms with van der Waals surface area (Å²) < 4.78 is 15.1. The van der Waals surface area contributed by atoms with E-state index in [1.165, 1.54) is 12.1 Å². The van der Waals surface area contributed by atoms with E-state index in [2.05, 4.69) is 5.10 Å². The third-order valence-electron chi connectivity index (χ3n) is 3.43. The van der Waals surface area contributed by atoms with Gasteiger partial charge in [-0.3, -0.25) is 10.1 Å². The fourth-order valence-electron chi connectivity index (χ4n) is 2.04. The highest BCUT2D eigenvalue weighted by Gasteiger charge is 2.11. The number of hydrogen-bond acceptors (Lipinski definition) is 2. The van der Waals surface area contributed by atoms with Gasteiger partial charge < -0.3 is 5.73 Å². The molecule has 0 atom stereocenters. The summed E-state index contributed by atoms with van der Waals surface area (Å²) in [6, 6.07) is 4.31. The molecule has 1 heterocycles. The molecule has 0 aliphatic carbocycles. The highest BCUT2D eigenvalue weighted by atomic mass is 19.1. The number of halogens is 1. The van der Waals surface area contributed by atoms with Gasteiger partial charge in [-0.2, -0.15) is 5.10 Å². The lowest BCUT2D eigenvalue weighted by molar-refractivity contribution is 0.621. The maximum Gasteiger partial charge on any atom is 0.123 e. The fraction of sp³-hybridized carbons (Fsp3) is 0.286. The Balaban J connectivity index is 2.43. The number of nitrogen functional groups attached to an aromatic ring is 1. The van der Waals surface area contributed by atoms with E-state index in [0.29, 0.717) is 12.1 Å². The Morgan fingerprint density at radius 2 is 2.05 bits per heavy atom. The number of aromatic nitrogens is 2. The van der Waals surface area contributed by atoms with Crippen LogP contribution in [0.4, 0.5) is 4.39 Å². The average molecular weight is 260 g/mol. The molecule has 0 radical (unpaired) electrons. The molecule has 0 saturated carbocycles. The van der Waals surface area contributed by atoms with Gasteiger partial charge in [0.05, 0.1) is 12.2 Å². The molecule has 3 N–H and O–H groups in total. The van der Waals surface area contributed by atoms with Crippen molar-refractivity contribution in [2.75, 3.05) is 0 Å². The average Bonchev–Trinajstić information content (AvgIpc) is 2.59. The van der Waals surface area contributed by atoms with Gasteiger partial charge in [0.1, 0.15) is 11.7 Å². The van der Waals surface area contributed by atoms with Crippen molar-refractivity contribution < 1.29 is 4.39 Å². The third-order valence-corrected chi connectivity index (χ3v) is 3.43. The zero-order valence-electron chi connectivity index (χ0n) is 11.3. The first-order valence-corrected chi connectivity index (χ1v) is 6.03. The second kappa shape index (κ2) is 4.84. The molecule has 0 spiro atoms. The van der Waals surface area contributed by atoms with Gasteiger partial charge in [0.2, 0.25) is 0 Å². The topological polar surface area (TPSA) is 67.7 Å². The SMILES string of the molecule is Cc1nn(Cc2ccc(F)cc2C(=N)N)c(C)c1C. The monoisotopic (exact) mass is 260 g/mol. The molecule has 5 heteroatoms. The number of rotatable bonds is 3. The van der Waals surface area contributed by atoms with Crippen molar-refractivity contribution >= 4 is 5.84 Å². The predicted molar refractivity (Wildman–Crippen MR) is 73.0 cm³/mol. The van der Waals surface area contributed by atoms with Gasteiger partial charge >= 0.3 is 0 Å². The number of nitrogens with zero attached hydrogens (tertiary/aromatic N) is 2. The highest BCUT2D eigenvalue weighted by Crippen LogP contribution is 2.16. The van der Waals surface area contributed by atoms with Crippen molar-refractivity contribution in [3.8, 4) is 0 Å². The Kier molecular flexibility index (Phi) is 3.38. The maximum absolute atomic E-state index is 13.2. The predicted octanol–water partition coefficient (Wildman–Crippen LogP) is 2.28. The van der Waals surface area contributed by atoms with Crippen molar-refractivity contribution in [3.63, 3.8) is 0 Å². The Morgan fingerprint density at radius 1 is 1.37 bits per heavy atom. The number of aryl methyl sites for hydroxylation is 1. The largest absolute Gasteiger partial charge is 0.384 e. The van der Waals surface area contributed by atoms with Gasteiger partial charge in [0.25, 0.3) is 0 Å². The number of hydrogen-bond donors (Lipinski definition) is 2. The summed E-state index contributed by atoms with van der Waals surface area (Å²) in [6.07, 6.45) is 0. The van der Waals surface area contributed by atoms with E-state index < -0.39 is 5.82 Å². The summed E-state index contributed by atoms with van der Waals surface area (Å²) in [4.78, 5) is 0. The Bertz CT molecular complexity index is 643. The lowest BCUT2D eigenvalue weighted by atomic mass is 10.1. The summed E-state index contributed by atoms with van der Waals surface area (Å²) in [5.41, 5.74) is 9.90. The molecule has 0 bridgehead atoms. The molecule has 0 saturated heterocycles. The molecule has 1 aromatic heterocycles. The second-order valence-electron chi connectivity index (χ2n) is 4.67. The fourth-order valence-corrected chi connectivity index (χ4v) is 2.04. The quantitative estimate of drug-likeness (QED) is 0.656. The lowest BCUT2D eigenvalue weighted by Crippen LogP contribution is -2.16. The molecular weight excluding hydrogens is 243 g/mol. The van der Waals surface area contributed by atoms with Crippen molar-refractivity contribution in [1.29, 1.82) is 5.41 Å². The highest BCUT2D eigenvalue weighted by molar-refractivity contribution is 5.96. The first-order valence-electron chi connectivity index (χ1n) is 6.03. The number of nitrogens with one attached hydrogen (secondary N) is 1. The van der Waals surface area contributed by atoms with Crippen LogP contribution in [0, 0.1) is 32.0 Å². The maximum atomic E-state index is 13.2. The van der Waals surface area contributed by atoms with E-state index in [-0.39, 0.29) is 5.84 Å². The molecule has 0 fully saturated rings. The number of amidine groups is 1.